The van der Waals surface area contributed by atoms with Gasteiger partial charge < -0.3 is 5.32 Å². The van der Waals surface area contributed by atoms with Gasteiger partial charge >= 0.3 is 12.4 Å². The van der Waals surface area contributed by atoms with E-state index in [0.29, 0.717) is 6.07 Å². The summed E-state index contributed by atoms with van der Waals surface area (Å²) in [4.78, 5) is 3.21. The number of aromatic nitrogens is 1. The highest BCUT2D eigenvalue weighted by Gasteiger charge is 2.33. The van der Waals surface area contributed by atoms with E-state index in [1.165, 1.54) is 0 Å². The van der Waals surface area contributed by atoms with Crippen LogP contribution in [-0.2, 0) is 6.18 Å². The molecule has 1 N–H and O–H groups in total. The summed E-state index contributed by atoms with van der Waals surface area (Å²) in [6.07, 6.45) is -10.4. The van der Waals surface area contributed by atoms with Crippen LogP contribution in [-0.4, -0.2) is 17.7 Å². The first kappa shape index (κ1) is 16.1. The molecule has 0 bridgehead atoms. The number of nitrogens with one attached hydrogen (secondary N) is 1. The van der Waals surface area contributed by atoms with Crippen LogP contribution in [0.2, 0.25) is 0 Å². The summed E-state index contributed by atoms with van der Waals surface area (Å²) >= 11 is 0. The number of hydrogen-bond donors (Lipinski definition) is 1. The van der Waals surface area contributed by atoms with Crippen molar-refractivity contribution in [2.45, 2.75) is 25.2 Å². The maximum Gasteiger partial charge on any atom is 0.433 e. The van der Waals surface area contributed by atoms with Gasteiger partial charge in [0.25, 0.3) is 0 Å². The van der Waals surface area contributed by atoms with E-state index in [0.717, 1.165) is 6.07 Å². The van der Waals surface area contributed by atoms with Gasteiger partial charge in [-0.25, -0.2) is 4.98 Å². The first-order valence-corrected chi connectivity index (χ1v) is 5.42. The highest BCUT2D eigenvalue weighted by Crippen LogP contribution is 2.29. The zero-order valence-electron chi connectivity index (χ0n) is 9.94. The Morgan fingerprint density at radius 1 is 1.15 bits per heavy atom. The summed E-state index contributed by atoms with van der Waals surface area (Å²) in [5, 5.41) is 11.0. The Kier molecular flexibility index (Phi) is 4.81. The molecule has 110 valence electrons. The molecule has 20 heavy (non-hydrogen) atoms. The SMILES string of the molecule is N#Cc1ccc(C(F)(F)F)nc1NCCCC(F)(F)F. The molecule has 9 heteroatoms. The van der Waals surface area contributed by atoms with Crippen LogP contribution in [0.3, 0.4) is 0 Å². The summed E-state index contributed by atoms with van der Waals surface area (Å²) in [5.41, 5.74) is -1.38. The van der Waals surface area contributed by atoms with Crippen molar-refractivity contribution in [3.63, 3.8) is 0 Å². The number of anilines is 1. The summed E-state index contributed by atoms with van der Waals surface area (Å²) in [7, 11) is 0. The molecule has 0 amide bonds. The van der Waals surface area contributed by atoms with Gasteiger partial charge in [0, 0.05) is 13.0 Å². The number of hydrogen-bond acceptors (Lipinski definition) is 3. The largest absolute Gasteiger partial charge is 0.433 e. The Labute approximate surface area is 110 Å². The van der Waals surface area contributed by atoms with Gasteiger partial charge in [0.15, 0.2) is 0 Å². The van der Waals surface area contributed by atoms with Crippen molar-refractivity contribution in [2.24, 2.45) is 0 Å². The number of nitrogens with zero attached hydrogens (tertiary/aromatic N) is 2. The van der Waals surface area contributed by atoms with Crippen LogP contribution in [0.15, 0.2) is 12.1 Å². The van der Waals surface area contributed by atoms with Gasteiger partial charge in [-0.2, -0.15) is 31.6 Å². The minimum atomic E-state index is -4.68. The molecule has 0 aromatic carbocycles. The van der Waals surface area contributed by atoms with E-state index >= 15 is 0 Å². The Hall–Kier alpha value is -1.98. The van der Waals surface area contributed by atoms with E-state index in [1.54, 1.807) is 6.07 Å². The first-order valence-electron chi connectivity index (χ1n) is 5.42. The molecule has 0 aliphatic rings. The number of alkyl halides is 6. The van der Waals surface area contributed by atoms with E-state index in [1.807, 2.05) is 0 Å². The van der Waals surface area contributed by atoms with Crippen LogP contribution >= 0.6 is 0 Å². The molecule has 0 atom stereocenters. The van der Waals surface area contributed by atoms with Crippen molar-refractivity contribution in [2.75, 3.05) is 11.9 Å². The molecule has 0 aliphatic heterocycles. The topological polar surface area (TPSA) is 48.7 Å². The highest BCUT2D eigenvalue weighted by molar-refractivity contribution is 5.52. The second-order valence-electron chi connectivity index (χ2n) is 3.85. The molecule has 0 spiro atoms. The predicted molar refractivity (Wildman–Crippen MR) is 57.7 cm³/mol. The fourth-order valence-electron chi connectivity index (χ4n) is 1.34. The Balaban J connectivity index is 2.75. The van der Waals surface area contributed by atoms with Crippen molar-refractivity contribution in [1.29, 1.82) is 5.26 Å². The third-order valence-electron chi connectivity index (χ3n) is 2.24. The van der Waals surface area contributed by atoms with Gasteiger partial charge in [-0.3, -0.25) is 0 Å². The van der Waals surface area contributed by atoms with Crippen LogP contribution in [0.25, 0.3) is 0 Å². The van der Waals surface area contributed by atoms with Gasteiger partial charge in [-0.15, -0.1) is 0 Å². The van der Waals surface area contributed by atoms with Gasteiger partial charge in [-0.1, -0.05) is 0 Å². The van der Waals surface area contributed by atoms with Crippen molar-refractivity contribution >= 4 is 5.82 Å². The molecule has 1 aromatic rings. The van der Waals surface area contributed by atoms with E-state index < -0.39 is 24.5 Å². The first-order chi connectivity index (χ1) is 9.13. The van der Waals surface area contributed by atoms with Crippen molar-refractivity contribution in [3.05, 3.63) is 23.4 Å². The minimum absolute atomic E-state index is 0.162. The third kappa shape index (κ3) is 4.95. The van der Waals surface area contributed by atoms with Crippen LogP contribution in [0, 0.1) is 11.3 Å². The molecular formula is C11H9F6N3. The Bertz CT molecular complexity index is 500. The van der Waals surface area contributed by atoms with Crippen LogP contribution < -0.4 is 5.32 Å². The van der Waals surface area contributed by atoms with E-state index in [4.69, 9.17) is 5.26 Å². The molecule has 1 heterocycles. The van der Waals surface area contributed by atoms with Crippen molar-refractivity contribution in [1.82, 2.24) is 4.98 Å². The number of halogens is 6. The lowest BCUT2D eigenvalue weighted by Crippen LogP contribution is -2.14. The average Bonchev–Trinajstić information content (AvgIpc) is 2.32. The number of rotatable bonds is 4. The molecule has 0 fully saturated rings. The molecule has 0 saturated carbocycles. The van der Waals surface area contributed by atoms with Crippen LogP contribution in [0.4, 0.5) is 32.2 Å². The highest BCUT2D eigenvalue weighted by atomic mass is 19.4. The number of nitriles is 1. The summed E-state index contributed by atoms with van der Waals surface area (Å²) in [5.74, 6) is -0.371. The van der Waals surface area contributed by atoms with E-state index in [2.05, 4.69) is 10.3 Å². The maximum atomic E-state index is 12.4. The lowest BCUT2D eigenvalue weighted by atomic mass is 10.2. The lowest BCUT2D eigenvalue weighted by Gasteiger charge is -2.11. The molecule has 0 unspecified atom stereocenters. The molecule has 1 rings (SSSR count). The number of pyridine rings is 1. The normalized spacial score (nSPS) is 12.1. The molecule has 0 aliphatic carbocycles. The Morgan fingerprint density at radius 2 is 1.80 bits per heavy atom. The molecule has 0 saturated heterocycles. The average molecular weight is 297 g/mol. The van der Waals surface area contributed by atoms with Gasteiger partial charge in [0.05, 0.1) is 5.56 Å². The van der Waals surface area contributed by atoms with Crippen LogP contribution in [0.5, 0.6) is 0 Å². The second kappa shape index (κ2) is 5.98. The van der Waals surface area contributed by atoms with Gasteiger partial charge in [0.1, 0.15) is 17.6 Å². The third-order valence-corrected chi connectivity index (χ3v) is 2.24. The second-order valence-corrected chi connectivity index (χ2v) is 3.85. The monoisotopic (exact) mass is 297 g/mol. The summed E-state index contributed by atoms with van der Waals surface area (Å²) < 4.78 is 73.0. The zero-order valence-corrected chi connectivity index (χ0v) is 9.94. The molecule has 1 aromatic heterocycles. The fourth-order valence-corrected chi connectivity index (χ4v) is 1.34. The fraction of sp³-hybridized carbons (Fsp3) is 0.455. The standard InChI is InChI=1S/C11H9F6N3/c12-10(13,14)4-1-5-19-9-7(6-18)2-3-8(20-9)11(15,16)17/h2-3H,1,4-5H2,(H,19,20). The predicted octanol–water partition coefficient (Wildman–Crippen LogP) is 3.73. The van der Waals surface area contributed by atoms with Gasteiger partial charge in [-0.05, 0) is 18.6 Å². The van der Waals surface area contributed by atoms with Crippen LogP contribution in [0.1, 0.15) is 24.1 Å². The Morgan fingerprint density at radius 3 is 2.30 bits per heavy atom. The molecule has 3 nitrogen and oxygen atoms in total. The quantitative estimate of drug-likeness (QED) is 0.680. The van der Waals surface area contributed by atoms with Crippen molar-refractivity contribution in [3.8, 4) is 6.07 Å². The molecule has 0 radical (unpaired) electrons. The van der Waals surface area contributed by atoms with E-state index in [-0.39, 0.29) is 24.3 Å². The van der Waals surface area contributed by atoms with Gasteiger partial charge in [0.2, 0.25) is 0 Å². The lowest BCUT2D eigenvalue weighted by molar-refractivity contribution is -0.141. The smallest absolute Gasteiger partial charge is 0.369 e. The molecular weight excluding hydrogens is 288 g/mol. The zero-order chi connectivity index (χ0) is 15.4. The summed E-state index contributed by atoms with van der Waals surface area (Å²) in [6.45, 7) is -0.234. The maximum absolute atomic E-state index is 12.4. The van der Waals surface area contributed by atoms with E-state index in [9.17, 15) is 26.3 Å². The summed E-state index contributed by atoms with van der Waals surface area (Å²) in [6, 6.07) is 3.17. The van der Waals surface area contributed by atoms with Crippen molar-refractivity contribution < 1.29 is 26.3 Å². The minimum Gasteiger partial charge on any atom is -0.369 e.